The van der Waals surface area contributed by atoms with Crippen molar-refractivity contribution >= 4 is 17.6 Å². The summed E-state index contributed by atoms with van der Waals surface area (Å²) >= 11 is 6.24. The number of hydrogen-bond donors (Lipinski definition) is 1. The molecular formula is C26H28ClN3O3. The molecule has 0 aliphatic heterocycles. The van der Waals surface area contributed by atoms with Crippen LogP contribution >= 0.6 is 11.6 Å². The van der Waals surface area contributed by atoms with Crippen molar-refractivity contribution in [2.24, 2.45) is 5.73 Å². The Morgan fingerprint density at radius 1 is 1.15 bits per heavy atom. The van der Waals surface area contributed by atoms with Crippen LogP contribution in [0.15, 0.2) is 65.5 Å². The number of ether oxygens (including phenoxy) is 1. The highest BCUT2D eigenvalue weighted by molar-refractivity contribution is 6.30. The molecule has 0 bridgehead atoms. The predicted octanol–water partition coefficient (Wildman–Crippen LogP) is 4.75. The highest BCUT2D eigenvalue weighted by Gasteiger charge is 2.37. The molecule has 1 saturated carbocycles. The summed E-state index contributed by atoms with van der Waals surface area (Å²) in [7, 11) is 0. The molecule has 7 heteroatoms. The topological polar surface area (TPSA) is 87.2 Å². The van der Waals surface area contributed by atoms with Crippen molar-refractivity contribution in [2.75, 3.05) is 13.2 Å². The van der Waals surface area contributed by atoms with Crippen LogP contribution in [0.1, 0.15) is 54.6 Å². The Hall–Kier alpha value is -2.96. The molecule has 0 unspecified atom stereocenters. The summed E-state index contributed by atoms with van der Waals surface area (Å²) in [5, 5.41) is 5.36. The third-order valence-corrected chi connectivity index (χ3v) is 6.82. The second-order valence-corrected chi connectivity index (χ2v) is 8.94. The van der Waals surface area contributed by atoms with E-state index in [-0.39, 0.29) is 23.6 Å². The third-order valence-electron chi connectivity index (χ3n) is 6.59. The normalized spacial score (nSPS) is 20.4. The van der Waals surface area contributed by atoms with E-state index >= 15 is 0 Å². The van der Waals surface area contributed by atoms with Gasteiger partial charge in [-0.3, -0.25) is 4.79 Å². The van der Waals surface area contributed by atoms with Gasteiger partial charge in [0.15, 0.2) is 0 Å². The second-order valence-electron chi connectivity index (χ2n) is 8.51. The number of hydrogen-bond acceptors (Lipinski definition) is 5. The molecule has 0 saturated heterocycles. The first-order valence-corrected chi connectivity index (χ1v) is 11.7. The van der Waals surface area contributed by atoms with Gasteiger partial charge in [0.05, 0.1) is 18.3 Å². The van der Waals surface area contributed by atoms with Crippen LogP contribution in [-0.4, -0.2) is 28.9 Å². The predicted molar refractivity (Wildman–Crippen MR) is 130 cm³/mol. The summed E-state index contributed by atoms with van der Waals surface area (Å²) in [5.41, 5.74) is 8.18. The first-order valence-electron chi connectivity index (χ1n) is 11.3. The Bertz CT molecular complexity index is 1180. The minimum Gasteiger partial charge on any atom is -0.462 e. The molecule has 1 aliphatic carbocycles. The SMILES string of the molecule is CCOC(=O)c1cc(-c2ccccc2)nn([C@H]2CC[C@](CN)(c3cccc(Cl)c3)CC2)c1=O. The van der Waals surface area contributed by atoms with Gasteiger partial charge < -0.3 is 10.5 Å². The van der Waals surface area contributed by atoms with Crippen molar-refractivity contribution in [3.63, 3.8) is 0 Å². The molecule has 33 heavy (non-hydrogen) atoms. The van der Waals surface area contributed by atoms with Gasteiger partial charge in [-0.05, 0) is 56.4 Å². The lowest BCUT2D eigenvalue weighted by Gasteiger charge is -2.40. The summed E-state index contributed by atoms with van der Waals surface area (Å²) in [6.45, 7) is 2.42. The Morgan fingerprint density at radius 3 is 2.52 bits per heavy atom. The van der Waals surface area contributed by atoms with Crippen LogP contribution in [0.4, 0.5) is 0 Å². The lowest BCUT2D eigenvalue weighted by molar-refractivity contribution is 0.0522. The fourth-order valence-corrected chi connectivity index (χ4v) is 4.88. The number of carbonyl (C=O) groups is 1. The molecule has 4 rings (SSSR count). The van der Waals surface area contributed by atoms with Gasteiger partial charge >= 0.3 is 5.97 Å². The zero-order chi connectivity index (χ0) is 23.4. The number of aromatic nitrogens is 2. The van der Waals surface area contributed by atoms with Crippen LogP contribution < -0.4 is 11.3 Å². The smallest absolute Gasteiger partial charge is 0.343 e. The summed E-state index contributed by atoms with van der Waals surface area (Å²) in [4.78, 5) is 25.8. The Kier molecular flexibility index (Phi) is 6.96. The van der Waals surface area contributed by atoms with E-state index in [9.17, 15) is 9.59 Å². The Morgan fingerprint density at radius 2 is 1.88 bits per heavy atom. The summed E-state index contributed by atoms with van der Waals surface area (Å²) < 4.78 is 6.63. The van der Waals surface area contributed by atoms with Crippen LogP contribution in [0.2, 0.25) is 5.02 Å². The van der Waals surface area contributed by atoms with E-state index in [0.717, 1.165) is 36.8 Å². The van der Waals surface area contributed by atoms with Crippen LogP contribution in [0.25, 0.3) is 11.3 Å². The molecule has 2 N–H and O–H groups in total. The molecular weight excluding hydrogens is 438 g/mol. The van der Waals surface area contributed by atoms with Gasteiger partial charge in [-0.25, -0.2) is 9.48 Å². The van der Waals surface area contributed by atoms with Gasteiger partial charge in [-0.2, -0.15) is 5.10 Å². The molecule has 0 radical (unpaired) electrons. The van der Waals surface area contributed by atoms with Crippen LogP contribution in [0, 0.1) is 0 Å². The van der Waals surface area contributed by atoms with E-state index in [4.69, 9.17) is 22.1 Å². The first kappa shape index (κ1) is 23.2. The molecule has 1 aromatic heterocycles. The van der Waals surface area contributed by atoms with Gasteiger partial charge in [-0.15, -0.1) is 0 Å². The van der Waals surface area contributed by atoms with Crippen LogP contribution in [0.3, 0.4) is 0 Å². The fourth-order valence-electron chi connectivity index (χ4n) is 4.69. The van der Waals surface area contributed by atoms with Crippen LogP contribution in [0.5, 0.6) is 0 Å². The molecule has 3 aromatic rings. The van der Waals surface area contributed by atoms with Gasteiger partial charge in [0.2, 0.25) is 0 Å². The van der Waals surface area contributed by atoms with E-state index in [2.05, 4.69) is 11.2 Å². The van der Waals surface area contributed by atoms with E-state index < -0.39 is 11.5 Å². The molecule has 0 spiro atoms. The first-order chi connectivity index (χ1) is 16.0. The molecule has 1 aliphatic rings. The van der Waals surface area contributed by atoms with Crippen molar-refractivity contribution in [2.45, 2.75) is 44.1 Å². The minimum atomic E-state index is -0.623. The number of benzene rings is 2. The summed E-state index contributed by atoms with van der Waals surface area (Å²) in [5.74, 6) is -0.623. The van der Waals surface area contributed by atoms with Crippen molar-refractivity contribution in [1.82, 2.24) is 9.78 Å². The number of esters is 1. The molecule has 0 amide bonds. The van der Waals surface area contributed by atoms with E-state index in [1.54, 1.807) is 6.92 Å². The fraction of sp³-hybridized carbons (Fsp3) is 0.346. The number of halogens is 1. The van der Waals surface area contributed by atoms with E-state index in [1.165, 1.54) is 10.7 Å². The highest BCUT2D eigenvalue weighted by Crippen LogP contribution is 2.42. The lowest BCUT2D eigenvalue weighted by Crippen LogP contribution is -2.42. The van der Waals surface area contributed by atoms with Crippen molar-refractivity contribution in [3.8, 4) is 11.3 Å². The maximum absolute atomic E-state index is 13.3. The largest absolute Gasteiger partial charge is 0.462 e. The summed E-state index contributed by atoms with van der Waals surface area (Å²) in [6, 6.07) is 18.8. The van der Waals surface area contributed by atoms with Crippen molar-refractivity contribution < 1.29 is 9.53 Å². The molecule has 1 fully saturated rings. The van der Waals surface area contributed by atoms with Crippen molar-refractivity contribution in [3.05, 3.63) is 87.2 Å². The standard InChI is InChI=1S/C26H28ClN3O3/c1-2-33-25(32)22-16-23(18-7-4-3-5-8-18)29-30(24(22)31)21-11-13-26(17-28,14-12-21)19-9-6-10-20(27)15-19/h3-10,15-16,21H,2,11-14,17,28H2,1H3/t21-,26-. The maximum Gasteiger partial charge on any atom is 0.343 e. The zero-order valence-electron chi connectivity index (χ0n) is 18.7. The molecule has 1 heterocycles. The molecule has 6 nitrogen and oxygen atoms in total. The molecule has 172 valence electrons. The molecule has 0 atom stereocenters. The van der Waals surface area contributed by atoms with Gasteiger partial charge in [0.25, 0.3) is 5.56 Å². The lowest BCUT2D eigenvalue weighted by atomic mass is 9.68. The quantitative estimate of drug-likeness (QED) is 0.530. The number of nitrogens with zero attached hydrogens (tertiary/aromatic N) is 2. The summed E-state index contributed by atoms with van der Waals surface area (Å²) in [6.07, 6.45) is 3.04. The monoisotopic (exact) mass is 465 g/mol. The second kappa shape index (κ2) is 9.89. The van der Waals surface area contributed by atoms with E-state index in [1.807, 2.05) is 48.5 Å². The highest BCUT2D eigenvalue weighted by atomic mass is 35.5. The van der Waals surface area contributed by atoms with E-state index in [0.29, 0.717) is 17.3 Å². The number of carbonyl (C=O) groups excluding carboxylic acids is 1. The Balaban J connectivity index is 1.69. The van der Waals surface area contributed by atoms with Gasteiger partial charge in [-0.1, -0.05) is 54.1 Å². The average Bonchev–Trinajstić information content (AvgIpc) is 2.85. The van der Waals surface area contributed by atoms with Crippen LogP contribution in [-0.2, 0) is 10.2 Å². The van der Waals surface area contributed by atoms with Gasteiger partial charge in [0.1, 0.15) is 5.56 Å². The zero-order valence-corrected chi connectivity index (χ0v) is 19.4. The number of rotatable bonds is 6. The average molecular weight is 466 g/mol. The molecule has 2 aromatic carbocycles. The number of nitrogens with two attached hydrogens (primary N) is 1. The van der Waals surface area contributed by atoms with Gasteiger partial charge in [0, 0.05) is 22.5 Å². The third kappa shape index (κ3) is 4.72. The maximum atomic E-state index is 13.3. The van der Waals surface area contributed by atoms with Crippen molar-refractivity contribution in [1.29, 1.82) is 0 Å². The Labute approximate surface area is 198 Å². The minimum absolute atomic E-state index is 0.0104.